The van der Waals surface area contributed by atoms with E-state index in [2.05, 4.69) is 27.5 Å². The predicted octanol–water partition coefficient (Wildman–Crippen LogP) is 4.51. The van der Waals surface area contributed by atoms with Gasteiger partial charge in [0, 0.05) is 24.1 Å². The number of nitrogens with zero attached hydrogens (tertiary/aromatic N) is 4. The van der Waals surface area contributed by atoms with Crippen molar-refractivity contribution in [2.24, 2.45) is 11.3 Å². The number of benzene rings is 2. The van der Waals surface area contributed by atoms with E-state index in [-0.39, 0.29) is 31.9 Å². The molecule has 0 spiro atoms. The van der Waals surface area contributed by atoms with Crippen molar-refractivity contribution in [3.63, 3.8) is 0 Å². The molecule has 5 atom stereocenters. The number of hydrogen-bond donors (Lipinski definition) is 3. The maximum absolute atomic E-state index is 14.7. The van der Waals surface area contributed by atoms with Crippen LogP contribution in [0.25, 0.3) is 22.5 Å². The van der Waals surface area contributed by atoms with Crippen LogP contribution in [0.4, 0.5) is 4.79 Å². The van der Waals surface area contributed by atoms with Gasteiger partial charge in [-0.05, 0) is 67.9 Å². The Labute approximate surface area is 322 Å². The highest BCUT2D eigenvalue weighted by Crippen LogP contribution is 2.47. The number of aromatic nitrogens is 3. The lowest BCUT2D eigenvalue weighted by molar-refractivity contribution is -0.142. The van der Waals surface area contributed by atoms with Crippen LogP contribution in [-0.2, 0) is 35.6 Å². The number of nitrogens with one attached hydrogen (secondary N) is 3. The summed E-state index contributed by atoms with van der Waals surface area (Å²) in [4.78, 5) is 59.0. The van der Waals surface area contributed by atoms with Crippen molar-refractivity contribution in [3.8, 4) is 22.5 Å². The number of alkyl carbamates (subject to hydrolysis) is 1. The first kappa shape index (κ1) is 38.5. The fraction of sp³-hybridized carbons (Fsp3) is 0.550. The van der Waals surface area contributed by atoms with Crippen molar-refractivity contribution in [1.82, 2.24) is 35.2 Å². The highest BCUT2D eigenvalue weighted by Gasteiger charge is 2.62. The molecule has 1 saturated heterocycles. The van der Waals surface area contributed by atoms with Gasteiger partial charge in [0.05, 0.1) is 17.9 Å². The number of amides is 4. The van der Waals surface area contributed by atoms with E-state index >= 15 is 0 Å². The maximum atomic E-state index is 14.7. The second-order valence-corrected chi connectivity index (χ2v) is 18.5. The van der Waals surface area contributed by atoms with E-state index in [1.165, 1.54) is 4.90 Å². The smallest absolute Gasteiger partial charge is 0.407 e. The molecule has 14 nitrogen and oxygen atoms in total. The molecule has 4 amide bonds. The Balaban J connectivity index is 1.27. The average Bonchev–Trinajstić information content (AvgIpc) is 4.04. The molecular formula is C40H51N7O7S. The van der Waals surface area contributed by atoms with Crippen molar-refractivity contribution in [2.45, 2.75) is 114 Å². The van der Waals surface area contributed by atoms with Crippen molar-refractivity contribution < 1.29 is 32.3 Å². The van der Waals surface area contributed by atoms with Gasteiger partial charge in [-0.2, -0.15) is 15.0 Å². The number of cyclic esters (lactones) is 1. The van der Waals surface area contributed by atoms with Crippen molar-refractivity contribution in [2.75, 3.05) is 13.2 Å². The zero-order chi connectivity index (χ0) is 39.1. The zero-order valence-electron chi connectivity index (χ0n) is 31.9. The van der Waals surface area contributed by atoms with Gasteiger partial charge in [-0.15, -0.1) is 0 Å². The van der Waals surface area contributed by atoms with Gasteiger partial charge in [0.2, 0.25) is 21.8 Å². The topological polar surface area (TPSA) is 182 Å². The molecule has 3 N–H and O–H groups in total. The number of sulfonamides is 1. The van der Waals surface area contributed by atoms with E-state index in [9.17, 15) is 27.6 Å². The van der Waals surface area contributed by atoms with Crippen LogP contribution in [0, 0.1) is 11.3 Å². The first-order chi connectivity index (χ1) is 26.2. The van der Waals surface area contributed by atoms with Crippen molar-refractivity contribution in [3.05, 3.63) is 60.2 Å². The summed E-state index contributed by atoms with van der Waals surface area (Å²) in [5.74, 6) is -2.12. The molecule has 55 heavy (non-hydrogen) atoms. The van der Waals surface area contributed by atoms with E-state index in [0.717, 1.165) is 36.0 Å². The number of fused-ring (bicyclic) bond motifs is 8. The average molecular weight is 774 g/mol. The Morgan fingerprint density at radius 2 is 1.69 bits per heavy atom. The Hall–Kier alpha value is -4.79. The molecule has 294 valence electrons. The van der Waals surface area contributed by atoms with Gasteiger partial charge >= 0.3 is 6.09 Å². The molecule has 0 radical (unpaired) electrons. The van der Waals surface area contributed by atoms with Gasteiger partial charge in [-0.3, -0.25) is 19.1 Å². The van der Waals surface area contributed by atoms with Crippen molar-refractivity contribution in [1.29, 1.82) is 0 Å². The molecule has 2 saturated carbocycles. The summed E-state index contributed by atoms with van der Waals surface area (Å²) < 4.78 is 33.3. The van der Waals surface area contributed by atoms with Gasteiger partial charge in [-0.25, -0.2) is 13.2 Å². The highest BCUT2D eigenvalue weighted by atomic mass is 32.2. The molecule has 2 aliphatic heterocycles. The molecular weight excluding hydrogens is 723 g/mol. The quantitative estimate of drug-likeness (QED) is 0.311. The summed E-state index contributed by atoms with van der Waals surface area (Å²) in [7, 11) is -3.87. The number of hydrogen-bond acceptors (Lipinski definition) is 9. The Morgan fingerprint density at radius 3 is 2.36 bits per heavy atom. The van der Waals surface area contributed by atoms with Crippen LogP contribution in [-0.4, -0.2) is 88.2 Å². The molecule has 2 aliphatic carbocycles. The van der Waals surface area contributed by atoms with Crippen molar-refractivity contribution >= 4 is 33.8 Å². The lowest BCUT2D eigenvalue weighted by atomic mass is 9.85. The Bertz CT molecular complexity index is 2060. The second-order valence-electron chi connectivity index (χ2n) is 16.5. The molecule has 0 unspecified atom stereocenters. The molecule has 3 aromatic rings. The standard InChI is InChI=1S/C40H51N7O7S/c1-5-28-23-40(28,37(50)45-55(52,53)30-18-19-30)42-35(48)31-22-29-24-46(31)36(49)34(39(2,3)4)41-38(51)54-20-11-7-8-13-25-14-12-17-27(21-25)33-32(43-47(29)44-33)26-15-9-6-10-16-26/h6,9-10,12,14-17,21,28-31,34H,5,7-8,11,13,18-20,22-24H2,1-4H3,(H,41,51)(H,42,48)(H,45,50)/t28-,29-,31+,34-,40-/m1/s1. The Kier molecular flexibility index (Phi) is 10.5. The van der Waals surface area contributed by atoms with Crippen LogP contribution >= 0.6 is 0 Å². The summed E-state index contributed by atoms with van der Waals surface area (Å²) in [5.41, 5.74) is 2.00. The maximum Gasteiger partial charge on any atom is 0.407 e. The molecule has 15 heteroatoms. The Morgan fingerprint density at radius 1 is 0.982 bits per heavy atom. The van der Waals surface area contributed by atoms with Crippen LogP contribution in [0.3, 0.4) is 0 Å². The number of ether oxygens (including phenoxy) is 1. The minimum atomic E-state index is -3.87. The number of carbonyl (C=O) groups excluding carboxylic acids is 4. The summed E-state index contributed by atoms with van der Waals surface area (Å²) >= 11 is 0. The second kappa shape index (κ2) is 15.0. The summed E-state index contributed by atoms with van der Waals surface area (Å²) in [5, 5.41) is 15.1. The first-order valence-corrected chi connectivity index (χ1v) is 21.0. The van der Waals surface area contributed by atoms with Crippen LogP contribution in [0.5, 0.6) is 0 Å². The van der Waals surface area contributed by atoms with Crippen LogP contribution < -0.4 is 15.4 Å². The molecule has 6 bridgehead atoms. The third kappa shape index (κ3) is 8.12. The molecule has 4 aliphatic rings. The SMILES string of the molecule is CC[C@@H]1C[C@]1(NC(=O)[C@@H]1C[C@@H]2CN1C(=O)[C@H](C(C)(C)C)NC(=O)OCCCCCc1cccc(c1)-c1nn2nc1-c1ccccc1)C(=O)NS(=O)(=O)C1CC1. The number of carbonyl (C=O) groups is 4. The molecule has 7 rings (SSSR count). The molecule has 1 aromatic heterocycles. The van der Waals surface area contributed by atoms with Gasteiger partial charge in [0.15, 0.2) is 0 Å². The first-order valence-electron chi connectivity index (χ1n) is 19.4. The zero-order valence-corrected chi connectivity index (χ0v) is 32.7. The van der Waals surface area contributed by atoms with E-state index in [1.807, 2.05) is 70.2 Å². The highest BCUT2D eigenvalue weighted by molar-refractivity contribution is 7.91. The summed E-state index contributed by atoms with van der Waals surface area (Å²) in [6.07, 6.45) is 4.37. The third-order valence-electron chi connectivity index (χ3n) is 11.3. The predicted molar refractivity (Wildman–Crippen MR) is 205 cm³/mol. The van der Waals surface area contributed by atoms with E-state index in [0.29, 0.717) is 37.1 Å². The monoisotopic (exact) mass is 773 g/mol. The minimum absolute atomic E-state index is 0.0368. The lowest BCUT2D eigenvalue weighted by Gasteiger charge is -2.35. The van der Waals surface area contributed by atoms with E-state index in [1.54, 1.807) is 4.80 Å². The van der Waals surface area contributed by atoms with Gasteiger partial charge < -0.3 is 20.3 Å². The fourth-order valence-electron chi connectivity index (χ4n) is 7.86. The minimum Gasteiger partial charge on any atom is -0.450 e. The summed E-state index contributed by atoms with van der Waals surface area (Å²) in [6.45, 7) is 7.58. The van der Waals surface area contributed by atoms with E-state index in [4.69, 9.17) is 14.9 Å². The summed E-state index contributed by atoms with van der Waals surface area (Å²) in [6, 6.07) is 15.2. The molecule has 2 aromatic carbocycles. The lowest BCUT2D eigenvalue weighted by Crippen LogP contribution is -2.60. The van der Waals surface area contributed by atoms with E-state index < -0.39 is 68.2 Å². The molecule has 3 fully saturated rings. The van der Waals surface area contributed by atoms with Crippen LogP contribution in [0.2, 0.25) is 0 Å². The fourth-order valence-corrected chi connectivity index (χ4v) is 9.22. The van der Waals surface area contributed by atoms with Gasteiger partial charge in [-0.1, -0.05) is 82.6 Å². The van der Waals surface area contributed by atoms with Crippen LogP contribution in [0.15, 0.2) is 54.6 Å². The van der Waals surface area contributed by atoms with Crippen LogP contribution in [0.1, 0.15) is 90.7 Å². The third-order valence-corrected chi connectivity index (χ3v) is 13.2. The number of rotatable bonds is 7. The molecule has 3 heterocycles. The van der Waals surface area contributed by atoms with Gasteiger partial charge in [0.25, 0.3) is 5.91 Å². The largest absolute Gasteiger partial charge is 0.450 e. The number of aryl methyl sites for hydroxylation is 1. The normalized spacial score (nSPS) is 26.1. The van der Waals surface area contributed by atoms with Gasteiger partial charge in [0.1, 0.15) is 29.0 Å².